The molecular formula is C17H20Cl2N2. The molecule has 0 aliphatic carbocycles. The Hall–Kier alpha value is -1.06. The molecule has 2 aromatic carbocycles. The minimum absolute atomic E-state index is 0.108. The SMILES string of the molecule is CN(Cc1ccccc1)C(CCN)c1c(Cl)cccc1Cl. The number of hydrogen-bond donors (Lipinski definition) is 1. The fourth-order valence-corrected chi connectivity index (χ4v) is 3.20. The van der Waals surface area contributed by atoms with Crippen LogP contribution in [0.25, 0.3) is 0 Å². The van der Waals surface area contributed by atoms with Gasteiger partial charge in [0, 0.05) is 28.2 Å². The zero-order valence-corrected chi connectivity index (χ0v) is 13.6. The van der Waals surface area contributed by atoms with Crippen LogP contribution in [0.3, 0.4) is 0 Å². The van der Waals surface area contributed by atoms with Crippen molar-refractivity contribution < 1.29 is 0 Å². The molecule has 0 fully saturated rings. The van der Waals surface area contributed by atoms with Gasteiger partial charge in [0.2, 0.25) is 0 Å². The van der Waals surface area contributed by atoms with Gasteiger partial charge < -0.3 is 5.73 Å². The van der Waals surface area contributed by atoms with Crippen LogP contribution in [0, 0.1) is 0 Å². The summed E-state index contributed by atoms with van der Waals surface area (Å²) in [7, 11) is 2.08. The number of hydrogen-bond acceptors (Lipinski definition) is 2. The van der Waals surface area contributed by atoms with Crippen molar-refractivity contribution in [2.75, 3.05) is 13.6 Å². The first-order chi connectivity index (χ1) is 10.1. The van der Waals surface area contributed by atoms with E-state index in [0.29, 0.717) is 16.6 Å². The maximum atomic E-state index is 6.36. The van der Waals surface area contributed by atoms with Crippen LogP contribution >= 0.6 is 23.2 Å². The Morgan fingerprint density at radius 2 is 1.62 bits per heavy atom. The van der Waals surface area contributed by atoms with Gasteiger partial charge in [-0.15, -0.1) is 0 Å². The quantitative estimate of drug-likeness (QED) is 0.847. The van der Waals surface area contributed by atoms with Crippen LogP contribution in [0.1, 0.15) is 23.6 Å². The summed E-state index contributed by atoms with van der Waals surface area (Å²) in [5.41, 5.74) is 8.00. The molecule has 4 heteroatoms. The van der Waals surface area contributed by atoms with Gasteiger partial charge >= 0.3 is 0 Å². The maximum Gasteiger partial charge on any atom is 0.0468 e. The first kappa shape index (κ1) is 16.3. The van der Waals surface area contributed by atoms with Crippen LogP contribution in [0.4, 0.5) is 0 Å². The molecule has 0 heterocycles. The van der Waals surface area contributed by atoms with Crippen LogP contribution in [0.5, 0.6) is 0 Å². The van der Waals surface area contributed by atoms with Crippen molar-refractivity contribution in [3.8, 4) is 0 Å². The molecule has 0 aliphatic heterocycles. The average Bonchev–Trinajstić information content (AvgIpc) is 2.47. The minimum atomic E-state index is 0.108. The smallest absolute Gasteiger partial charge is 0.0468 e. The molecule has 0 amide bonds. The summed E-state index contributed by atoms with van der Waals surface area (Å²) in [6.45, 7) is 1.42. The summed E-state index contributed by atoms with van der Waals surface area (Å²) >= 11 is 12.7. The normalized spacial score (nSPS) is 12.6. The lowest BCUT2D eigenvalue weighted by Gasteiger charge is -2.29. The third kappa shape index (κ3) is 4.21. The van der Waals surface area contributed by atoms with E-state index in [0.717, 1.165) is 18.5 Å². The second-order valence-electron chi connectivity index (χ2n) is 5.13. The summed E-state index contributed by atoms with van der Waals surface area (Å²) in [6, 6.07) is 16.1. The van der Waals surface area contributed by atoms with E-state index in [1.807, 2.05) is 36.4 Å². The van der Waals surface area contributed by atoms with Gasteiger partial charge in [-0.05, 0) is 37.7 Å². The summed E-state index contributed by atoms with van der Waals surface area (Å²) in [6.07, 6.45) is 0.812. The second kappa shape index (κ2) is 7.81. The monoisotopic (exact) mass is 322 g/mol. The van der Waals surface area contributed by atoms with Gasteiger partial charge in [-0.3, -0.25) is 4.90 Å². The highest BCUT2D eigenvalue weighted by Gasteiger charge is 2.21. The fourth-order valence-electron chi connectivity index (χ4n) is 2.55. The number of nitrogens with zero attached hydrogens (tertiary/aromatic N) is 1. The fraction of sp³-hybridized carbons (Fsp3) is 0.294. The Morgan fingerprint density at radius 1 is 1.00 bits per heavy atom. The maximum absolute atomic E-state index is 6.36. The molecule has 0 spiro atoms. The van der Waals surface area contributed by atoms with Gasteiger partial charge in [-0.25, -0.2) is 0 Å². The van der Waals surface area contributed by atoms with Gasteiger partial charge in [-0.2, -0.15) is 0 Å². The standard InChI is InChI=1S/C17H20Cl2N2/c1-21(12-13-6-3-2-4-7-13)16(10-11-20)17-14(18)8-5-9-15(17)19/h2-9,16H,10-12,20H2,1H3. The molecule has 21 heavy (non-hydrogen) atoms. The van der Waals surface area contributed by atoms with E-state index in [1.54, 1.807) is 0 Å². The molecule has 0 bridgehead atoms. The first-order valence-electron chi connectivity index (χ1n) is 7.01. The molecule has 112 valence electrons. The largest absolute Gasteiger partial charge is 0.330 e. The third-order valence-electron chi connectivity index (χ3n) is 3.58. The van der Waals surface area contributed by atoms with E-state index in [-0.39, 0.29) is 6.04 Å². The topological polar surface area (TPSA) is 29.3 Å². The highest BCUT2D eigenvalue weighted by molar-refractivity contribution is 6.36. The average molecular weight is 323 g/mol. The van der Waals surface area contributed by atoms with E-state index in [4.69, 9.17) is 28.9 Å². The molecule has 2 rings (SSSR count). The number of halogens is 2. The van der Waals surface area contributed by atoms with E-state index >= 15 is 0 Å². The Bertz CT molecular complexity index is 552. The lowest BCUT2D eigenvalue weighted by atomic mass is 10.0. The minimum Gasteiger partial charge on any atom is -0.330 e. The molecule has 0 saturated heterocycles. The van der Waals surface area contributed by atoms with Crippen molar-refractivity contribution in [2.45, 2.75) is 19.0 Å². The highest BCUT2D eigenvalue weighted by atomic mass is 35.5. The predicted molar refractivity (Wildman–Crippen MR) is 90.8 cm³/mol. The van der Waals surface area contributed by atoms with Crippen LogP contribution in [-0.2, 0) is 6.54 Å². The van der Waals surface area contributed by atoms with Gasteiger partial charge in [0.25, 0.3) is 0 Å². The molecule has 1 atom stereocenters. The number of nitrogens with two attached hydrogens (primary N) is 1. The lowest BCUT2D eigenvalue weighted by molar-refractivity contribution is 0.227. The third-order valence-corrected chi connectivity index (χ3v) is 4.24. The Balaban J connectivity index is 2.26. The molecule has 0 aromatic heterocycles. The molecule has 0 radical (unpaired) electrons. The Morgan fingerprint density at radius 3 is 2.19 bits per heavy atom. The second-order valence-corrected chi connectivity index (χ2v) is 5.94. The van der Waals surface area contributed by atoms with Crippen LogP contribution in [-0.4, -0.2) is 18.5 Å². The van der Waals surface area contributed by atoms with Crippen molar-refractivity contribution in [1.82, 2.24) is 4.90 Å². The van der Waals surface area contributed by atoms with Crippen molar-refractivity contribution in [3.63, 3.8) is 0 Å². The predicted octanol–water partition coefficient (Wildman–Crippen LogP) is 4.52. The highest BCUT2D eigenvalue weighted by Crippen LogP contribution is 2.35. The molecule has 2 nitrogen and oxygen atoms in total. The van der Waals surface area contributed by atoms with E-state index in [1.165, 1.54) is 5.56 Å². The number of benzene rings is 2. The summed E-state index contributed by atoms with van der Waals surface area (Å²) in [4.78, 5) is 2.25. The van der Waals surface area contributed by atoms with Crippen LogP contribution in [0.15, 0.2) is 48.5 Å². The van der Waals surface area contributed by atoms with Gasteiger partial charge in [0.1, 0.15) is 0 Å². The van der Waals surface area contributed by atoms with Crippen LogP contribution < -0.4 is 5.73 Å². The van der Waals surface area contributed by atoms with Crippen molar-refractivity contribution in [1.29, 1.82) is 0 Å². The molecule has 1 unspecified atom stereocenters. The molecule has 0 aliphatic rings. The molecule has 2 N–H and O–H groups in total. The lowest BCUT2D eigenvalue weighted by Crippen LogP contribution is -2.27. The van der Waals surface area contributed by atoms with Crippen molar-refractivity contribution >= 4 is 23.2 Å². The van der Waals surface area contributed by atoms with E-state index in [9.17, 15) is 0 Å². The molecule has 2 aromatic rings. The van der Waals surface area contributed by atoms with E-state index in [2.05, 4.69) is 24.1 Å². The summed E-state index contributed by atoms with van der Waals surface area (Å²) in [5, 5.41) is 1.39. The van der Waals surface area contributed by atoms with Gasteiger partial charge in [0.15, 0.2) is 0 Å². The van der Waals surface area contributed by atoms with E-state index < -0.39 is 0 Å². The van der Waals surface area contributed by atoms with Crippen LogP contribution in [0.2, 0.25) is 10.0 Å². The number of rotatable bonds is 6. The molecular weight excluding hydrogens is 303 g/mol. The van der Waals surface area contributed by atoms with Gasteiger partial charge in [0.05, 0.1) is 0 Å². The van der Waals surface area contributed by atoms with Crippen molar-refractivity contribution in [3.05, 3.63) is 69.7 Å². The Kier molecular flexibility index (Phi) is 6.07. The Labute approximate surface area is 136 Å². The van der Waals surface area contributed by atoms with Gasteiger partial charge in [-0.1, -0.05) is 59.6 Å². The summed E-state index contributed by atoms with van der Waals surface area (Å²) < 4.78 is 0. The first-order valence-corrected chi connectivity index (χ1v) is 7.77. The summed E-state index contributed by atoms with van der Waals surface area (Å²) in [5.74, 6) is 0. The van der Waals surface area contributed by atoms with Crippen molar-refractivity contribution in [2.24, 2.45) is 5.73 Å². The molecule has 0 saturated carbocycles. The zero-order valence-electron chi connectivity index (χ0n) is 12.1. The zero-order chi connectivity index (χ0) is 15.2.